The highest BCUT2D eigenvalue weighted by molar-refractivity contribution is 5.29. The minimum absolute atomic E-state index is 0.298. The third-order valence-corrected chi connectivity index (χ3v) is 3.09. The summed E-state index contributed by atoms with van der Waals surface area (Å²) in [6.45, 7) is 0.988. The van der Waals surface area contributed by atoms with Gasteiger partial charge in [-0.05, 0) is 30.5 Å². The maximum Gasteiger partial charge on any atom is 0.155 e. The second-order valence-corrected chi connectivity index (χ2v) is 4.47. The first kappa shape index (κ1) is 10.3. The number of phenolic OH excluding ortho intramolecular Hbond substituents is 1. The van der Waals surface area contributed by atoms with E-state index in [1.807, 2.05) is 16.8 Å². The highest BCUT2D eigenvalue weighted by atomic mass is 16.3. The Hall–Kier alpha value is -1.84. The van der Waals surface area contributed by atoms with Gasteiger partial charge in [0.05, 0.1) is 0 Å². The van der Waals surface area contributed by atoms with Crippen molar-refractivity contribution in [2.75, 3.05) is 0 Å². The van der Waals surface area contributed by atoms with Crippen molar-refractivity contribution in [3.05, 3.63) is 41.5 Å². The number of nitrogens with zero attached hydrogens (tertiary/aromatic N) is 3. The molecule has 3 rings (SSSR count). The van der Waals surface area contributed by atoms with Gasteiger partial charge in [0.1, 0.15) is 11.6 Å². The van der Waals surface area contributed by atoms with Gasteiger partial charge in [0.2, 0.25) is 0 Å². The van der Waals surface area contributed by atoms with Crippen LogP contribution in [0.3, 0.4) is 0 Å². The summed E-state index contributed by atoms with van der Waals surface area (Å²) in [5, 5.41) is 13.9. The molecule has 0 aliphatic carbocycles. The summed E-state index contributed by atoms with van der Waals surface area (Å²) in [6, 6.07) is 7.27. The lowest BCUT2D eigenvalue weighted by Gasteiger charge is -2.09. The first-order chi connectivity index (χ1) is 8.31. The summed E-state index contributed by atoms with van der Waals surface area (Å²) in [6.07, 6.45) is 4.13. The minimum Gasteiger partial charge on any atom is -0.508 e. The van der Waals surface area contributed by atoms with Crippen LogP contribution >= 0.6 is 0 Å². The Morgan fingerprint density at radius 3 is 3.06 bits per heavy atom. The van der Waals surface area contributed by atoms with Gasteiger partial charge in [-0.2, -0.15) is 5.10 Å². The van der Waals surface area contributed by atoms with Crippen LogP contribution in [-0.2, 0) is 19.4 Å². The molecule has 1 aromatic carbocycles. The molecule has 17 heavy (non-hydrogen) atoms. The third kappa shape index (κ3) is 2.16. The standard InChI is InChI=1S/C13H15N3O/c17-11-5-3-4-10(8-11)9-12-14-13-6-1-2-7-16(13)15-12/h3-5,8,17H,1-2,6-7,9H2. The Labute approximate surface area is 99.9 Å². The Bertz CT molecular complexity index is 510. The molecule has 1 aromatic heterocycles. The van der Waals surface area contributed by atoms with E-state index in [0.29, 0.717) is 12.2 Å². The number of aromatic nitrogens is 3. The second-order valence-electron chi connectivity index (χ2n) is 4.47. The molecule has 0 radical (unpaired) electrons. The summed E-state index contributed by atoms with van der Waals surface area (Å²) >= 11 is 0. The maximum atomic E-state index is 9.41. The van der Waals surface area contributed by atoms with Crippen LogP contribution in [0, 0.1) is 0 Å². The van der Waals surface area contributed by atoms with E-state index in [1.165, 1.54) is 12.8 Å². The van der Waals surface area contributed by atoms with E-state index < -0.39 is 0 Å². The van der Waals surface area contributed by atoms with Crippen LogP contribution in [0.25, 0.3) is 0 Å². The fourth-order valence-electron chi connectivity index (χ4n) is 2.26. The first-order valence-electron chi connectivity index (χ1n) is 6.02. The fraction of sp³-hybridized carbons (Fsp3) is 0.385. The van der Waals surface area contributed by atoms with Gasteiger partial charge in [-0.15, -0.1) is 0 Å². The van der Waals surface area contributed by atoms with Gasteiger partial charge in [0.15, 0.2) is 5.82 Å². The van der Waals surface area contributed by atoms with Gasteiger partial charge in [0, 0.05) is 19.4 Å². The number of hydrogen-bond acceptors (Lipinski definition) is 3. The van der Waals surface area contributed by atoms with Crippen LogP contribution in [0.4, 0.5) is 0 Å². The average Bonchev–Trinajstić information content (AvgIpc) is 2.71. The number of fused-ring (bicyclic) bond motifs is 1. The monoisotopic (exact) mass is 229 g/mol. The van der Waals surface area contributed by atoms with Crippen LogP contribution in [0.5, 0.6) is 5.75 Å². The van der Waals surface area contributed by atoms with Crippen molar-refractivity contribution in [2.45, 2.75) is 32.2 Å². The maximum absolute atomic E-state index is 9.41. The molecule has 1 N–H and O–H groups in total. The van der Waals surface area contributed by atoms with Gasteiger partial charge >= 0.3 is 0 Å². The molecule has 0 fully saturated rings. The van der Waals surface area contributed by atoms with Crippen LogP contribution in [0.2, 0.25) is 0 Å². The Kier molecular flexibility index (Phi) is 2.55. The lowest BCUT2D eigenvalue weighted by molar-refractivity contribution is 0.474. The van der Waals surface area contributed by atoms with E-state index in [0.717, 1.165) is 30.2 Å². The number of aryl methyl sites for hydroxylation is 2. The molecule has 0 spiro atoms. The SMILES string of the molecule is Oc1cccc(Cc2nc3n(n2)CCCC3)c1. The van der Waals surface area contributed by atoms with E-state index >= 15 is 0 Å². The molecule has 2 aromatic rings. The van der Waals surface area contributed by atoms with E-state index in [4.69, 9.17) is 0 Å². The number of rotatable bonds is 2. The number of hydrogen-bond donors (Lipinski definition) is 1. The predicted octanol–water partition coefficient (Wildman–Crippen LogP) is 1.91. The highest BCUT2D eigenvalue weighted by Gasteiger charge is 2.13. The Morgan fingerprint density at radius 2 is 2.24 bits per heavy atom. The Morgan fingerprint density at radius 1 is 1.29 bits per heavy atom. The van der Waals surface area contributed by atoms with Crippen LogP contribution in [-0.4, -0.2) is 19.9 Å². The molecule has 4 heteroatoms. The van der Waals surface area contributed by atoms with Crippen molar-refractivity contribution in [2.24, 2.45) is 0 Å². The lowest BCUT2D eigenvalue weighted by Crippen LogP contribution is -2.11. The summed E-state index contributed by atoms with van der Waals surface area (Å²) in [5.74, 6) is 2.25. The first-order valence-corrected chi connectivity index (χ1v) is 6.02. The molecule has 0 saturated carbocycles. The summed E-state index contributed by atoms with van der Waals surface area (Å²) in [5.41, 5.74) is 1.05. The van der Waals surface area contributed by atoms with Crippen molar-refractivity contribution in [3.8, 4) is 5.75 Å². The van der Waals surface area contributed by atoms with Crippen LogP contribution in [0.15, 0.2) is 24.3 Å². The molecule has 88 valence electrons. The molecule has 1 aliphatic rings. The zero-order valence-corrected chi connectivity index (χ0v) is 9.63. The molecule has 0 atom stereocenters. The lowest BCUT2D eigenvalue weighted by atomic mass is 10.1. The van der Waals surface area contributed by atoms with Crippen LogP contribution in [0.1, 0.15) is 30.1 Å². The predicted molar refractivity (Wildman–Crippen MR) is 63.9 cm³/mol. The topological polar surface area (TPSA) is 50.9 Å². The third-order valence-electron chi connectivity index (χ3n) is 3.09. The van der Waals surface area contributed by atoms with Crippen molar-refractivity contribution >= 4 is 0 Å². The molecule has 1 aliphatic heterocycles. The Balaban J connectivity index is 1.83. The van der Waals surface area contributed by atoms with Gasteiger partial charge in [-0.25, -0.2) is 9.67 Å². The largest absolute Gasteiger partial charge is 0.508 e. The van der Waals surface area contributed by atoms with Crippen molar-refractivity contribution < 1.29 is 5.11 Å². The molecule has 0 bridgehead atoms. The number of benzene rings is 1. The summed E-state index contributed by atoms with van der Waals surface area (Å²) < 4.78 is 2.02. The zero-order valence-electron chi connectivity index (χ0n) is 9.63. The smallest absolute Gasteiger partial charge is 0.155 e. The van der Waals surface area contributed by atoms with Crippen molar-refractivity contribution in [1.82, 2.24) is 14.8 Å². The zero-order chi connectivity index (χ0) is 11.7. The van der Waals surface area contributed by atoms with Crippen LogP contribution < -0.4 is 0 Å². The van der Waals surface area contributed by atoms with E-state index in [9.17, 15) is 5.11 Å². The fourth-order valence-corrected chi connectivity index (χ4v) is 2.26. The van der Waals surface area contributed by atoms with Gasteiger partial charge in [-0.1, -0.05) is 12.1 Å². The molecule has 0 amide bonds. The molecular formula is C13H15N3O. The van der Waals surface area contributed by atoms with Crippen molar-refractivity contribution in [1.29, 1.82) is 0 Å². The van der Waals surface area contributed by atoms with Gasteiger partial charge in [0.25, 0.3) is 0 Å². The second kappa shape index (κ2) is 4.20. The van der Waals surface area contributed by atoms with Crippen molar-refractivity contribution in [3.63, 3.8) is 0 Å². The molecule has 0 saturated heterocycles. The quantitative estimate of drug-likeness (QED) is 0.855. The molecule has 4 nitrogen and oxygen atoms in total. The minimum atomic E-state index is 0.298. The molecular weight excluding hydrogens is 214 g/mol. The normalized spacial score (nSPS) is 14.6. The number of phenols is 1. The molecule has 2 heterocycles. The van der Waals surface area contributed by atoms with E-state index in [1.54, 1.807) is 12.1 Å². The van der Waals surface area contributed by atoms with Gasteiger partial charge < -0.3 is 5.11 Å². The summed E-state index contributed by atoms with van der Waals surface area (Å²) in [4.78, 5) is 4.55. The highest BCUT2D eigenvalue weighted by Crippen LogP contribution is 2.16. The average molecular weight is 229 g/mol. The summed E-state index contributed by atoms with van der Waals surface area (Å²) in [7, 11) is 0. The molecule has 0 unspecified atom stereocenters. The van der Waals surface area contributed by atoms with Gasteiger partial charge in [-0.3, -0.25) is 0 Å². The van der Waals surface area contributed by atoms with E-state index in [2.05, 4.69) is 10.1 Å². The van der Waals surface area contributed by atoms with E-state index in [-0.39, 0.29) is 0 Å². The number of aromatic hydroxyl groups is 1.